The van der Waals surface area contributed by atoms with Crippen molar-refractivity contribution in [3.05, 3.63) is 0 Å². The highest BCUT2D eigenvalue weighted by Gasteiger charge is 2.45. The third kappa shape index (κ3) is 15.2. The SMILES string of the molecule is CCCCCCCCC(CCCCCCCC)C1CC1C(=O)CCCCCCCOC. The maximum atomic E-state index is 12.7. The first kappa shape index (κ1) is 28.7. The normalized spacial score (nSPS) is 18.1. The van der Waals surface area contributed by atoms with Crippen LogP contribution in [0.25, 0.3) is 0 Å². The van der Waals surface area contributed by atoms with Gasteiger partial charge in [-0.2, -0.15) is 0 Å². The van der Waals surface area contributed by atoms with Crippen LogP contribution in [0.3, 0.4) is 0 Å². The van der Waals surface area contributed by atoms with Gasteiger partial charge in [0, 0.05) is 26.1 Å². The Bertz CT molecular complexity index is 390. The second-order valence-electron chi connectivity index (χ2n) is 10.4. The van der Waals surface area contributed by atoms with E-state index in [-0.39, 0.29) is 0 Å². The number of carbonyl (C=O) groups is 1. The lowest BCUT2D eigenvalue weighted by Gasteiger charge is -2.17. The number of ketones is 1. The molecule has 2 unspecified atom stereocenters. The highest BCUT2D eigenvalue weighted by atomic mass is 16.5. The fourth-order valence-electron chi connectivity index (χ4n) is 5.31. The van der Waals surface area contributed by atoms with E-state index >= 15 is 0 Å². The molecule has 1 fully saturated rings. The van der Waals surface area contributed by atoms with Crippen molar-refractivity contribution >= 4 is 5.78 Å². The van der Waals surface area contributed by atoms with E-state index in [4.69, 9.17) is 4.74 Å². The largest absolute Gasteiger partial charge is 0.385 e. The monoisotopic (exact) mass is 436 g/mol. The van der Waals surface area contributed by atoms with E-state index in [1.54, 1.807) is 7.11 Å². The van der Waals surface area contributed by atoms with Gasteiger partial charge in [-0.3, -0.25) is 4.79 Å². The van der Waals surface area contributed by atoms with Crippen LogP contribution in [0, 0.1) is 17.8 Å². The van der Waals surface area contributed by atoms with Crippen LogP contribution in [0.2, 0.25) is 0 Å². The molecule has 1 saturated carbocycles. The Balaban J connectivity index is 2.25. The van der Waals surface area contributed by atoms with E-state index in [0.717, 1.165) is 37.7 Å². The van der Waals surface area contributed by atoms with Crippen molar-refractivity contribution in [3.63, 3.8) is 0 Å². The molecule has 1 rings (SSSR count). The molecular weight excluding hydrogens is 380 g/mol. The van der Waals surface area contributed by atoms with E-state index in [0.29, 0.717) is 11.7 Å². The van der Waals surface area contributed by atoms with Crippen molar-refractivity contribution in [2.24, 2.45) is 17.8 Å². The number of methoxy groups -OCH3 is 1. The number of hydrogen-bond acceptors (Lipinski definition) is 2. The molecule has 0 N–H and O–H groups in total. The van der Waals surface area contributed by atoms with Crippen molar-refractivity contribution in [2.75, 3.05) is 13.7 Å². The quantitative estimate of drug-likeness (QED) is 0.141. The van der Waals surface area contributed by atoms with Crippen LogP contribution in [0.4, 0.5) is 0 Å². The Morgan fingerprint density at radius 1 is 0.710 bits per heavy atom. The highest BCUT2D eigenvalue weighted by molar-refractivity contribution is 5.83. The van der Waals surface area contributed by atoms with Gasteiger partial charge in [0.25, 0.3) is 0 Å². The molecule has 0 bridgehead atoms. The highest BCUT2D eigenvalue weighted by Crippen LogP contribution is 2.49. The number of rotatable bonds is 24. The zero-order valence-electron chi connectivity index (χ0n) is 21.6. The fourth-order valence-corrected chi connectivity index (χ4v) is 5.31. The van der Waals surface area contributed by atoms with Crippen molar-refractivity contribution in [2.45, 2.75) is 149 Å². The minimum Gasteiger partial charge on any atom is -0.385 e. The Morgan fingerprint density at radius 3 is 1.74 bits per heavy atom. The number of ether oxygens (including phenoxy) is 1. The van der Waals surface area contributed by atoms with Gasteiger partial charge in [0.2, 0.25) is 0 Å². The lowest BCUT2D eigenvalue weighted by Crippen LogP contribution is -2.10. The predicted octanol–water partition coefficient (Wildman–Crippen LogP) is 9.30. The predicted molar refractivity (Wildman–Crippen MR) is 136 cm³/mol. The summed E-state index contributed by atoms with van der Waals surface area (Å²) >= 11 is 0. The maximum Gasteiger partial charge on any atom is 0.136 e. The summed E-state index contributed by atoms with van der Waals surface area (Å²) < 4.78 is 5.11. The maximum absolute atomic E-state index is 12.7. The van der Waals surface area contributed by atoms with Crippen LogP contribution in [-0.2, 0) is 9.53 Å². The first-order chi connectivity index (χ1) is 15.2. The molecule has 0 aromatic carbocycles. The van der Waals surface area contributed by atoms with Crippen LogP contribution in [0.15, 0.2) is 0 Å². The third-order valence-corrected chi connectivity index (χ3v) is 7.49. The second-order valence-corrected chi connectivity index (χ2v) is 10.4. The Morgan fingerprint density at radius 2 is 1.19 bits per heavy atom. The smallest absolute Gasteiger partial charge is 0.136 e. The molecule has 2 atom stereocenters. The third-order valence-electron chi connectivity index (χ3n) is 7.49. The first-order valence-electron chi connectivity index (χ1n) is 14.3. The number of hydrogen-bond donors (Lipinski definition) is 0. The number of unbranched alkanes of at least 4 members (excludes halogenated alkanes) is 14. The molecule has 0 saturated heterocycles. The average molecular weight is 437 g/mol. The summed E-state index contributed by atoms with van der Waals surface area (Å²) in [6.45, 7) is 5.46. The lowest BCUT2D eigenvalue weighted by atomic mass is 9.88. The minimum atomic E-state index is 0.429. The molecule has 0 amide bonds. The molecule has 0 spiro atoms. The number of Topliss-reactive ketones (excluding diaryl/α,β-unsaturated/α-hetero) is 1. The Kier molecular flexibility index (Phi) is 18.7. The van der Waals surface area contributed by atoms with Gasteiger partial charge in [0.05, 0.1) is 0 Å². The Labute approximate surface area is 195 Å². The van der Waals surface area contributed by atoms with Gasteiger partial charge >= 0.3 is 0 Å². The van der Waals surface area contributed by atoms with E-state index in [9.17, 15) is 4.79 Å². The van der Waals surface area contributed by atoms with E-state index in [1.807, 2.05) is 0 Å². The van der Waals surface area contributed by atoms with E-state index < -0.39 is 0 Å². The van der Waals surface area contributed by atoms with Crippen molar-refractivity contribution < 1.29 is 9.53 Å². The van der Waals surface area contributed by atoms with Gasteiger partial charge in [-0.1, -0.05) is 123 Å². The molecular formula is C29H56O2. The standard InChI is InChI=1S/C29H56O2/c1-4-6-8-10-13-17-21-26(22-18-14-11-9-7-5-2)27-25-28(27)29(30)23-19-15-12-16-20-24-31-3/h26-28H,4-25H2,1-3H3. The van der Waals surface area contributed by atoms with Gasteiger partial charge < -0.3 is 4.74 Å². The van der Waals surface area contributed by atoms with E-state index in [1.165, 1.54) is 116 Å². The van der Waals surface area contributed by atoms with Gasteiger partial charge in [0.15, 0.2) is 0 Å². The second kappa shape index (κ2) is 20.3. The minimum absolute atomic E-state index is 0.429. The topological polar surface area (TPSA) is 26.3 Å². The molecule has 31 heavy (non-hydrogen) atoms. The summed E-state index contributed by atoms with van der Waals surface area (Å²) in [5, 5.41) is 0. The van der Waals surface area contributed by atoms with Gasteiger partial charge in [0.1, 0.15) is 5.78 Å². The van der Waals surface area contributed by atoms with Crippen LogP contribution in [0.1, 0.15) is 149 Å². The summed E-state index contributed by atoms with van der Waals surface area (Å²) in [7, 11) is 1.77. The van der Waals surface area contributed by atoms with Gasteiger partial charge in [-0.05, 0) is 31.1 Å². The lowest BCUT2D eigenvalue weighted by molar-refractivity contribution is -0.120. The zero-order chi connectivity index (χ0) is 22.6. The van der Waals surface area contributed by atoms with Crippen LogP contribution in [-0.4, -0.2) is 19.5 Å². The summed E-state index contributed by atoms with van der Waals surface area (Å²) in [6, 6.07) is 0. The number of carbonyl (C=O) groups excluding carboxylic acids is 1. The molecule has 1 aliphatic rings. The van der Waals surface area contributed by atoms with Gasteiger partial charge in [-0.25, -0.2) is 0 Å². The fraction of sp³-hybridized carbons (Fsp3) is 0.966. The summed E-state index contributed by atoms with van der Waals surface area (Å²) in [5.74, 6) is 2.59. The zero-order valence-corrected chi connectivity index (χ0v) is 21.6. The Hall–Kier alpha value is -0.370. The van der Waals surface area contributed by atoms with Crippen molar-refractivity contribution in [3.8, 4) is 0 Å². The summed E-state index contributed by atoms with van der Waals surface area (Å²) in [4.78, 5) is 12.7. The molecule has 0 aliphatic heterocycles. The van der Waals surface area contributed by atoms with Crippen LogP contribution >= 0.6 is 0 Å². The molecule has 1 aliphatic carbocycles. The molecule has 2 nitrogen and oxygen atoms in total. The molecule has 0 aromatic rings. The molecule has 0 radical (unpaired) electrons. The first-order valence-corrected chi connectivity index (χ1v) is 14.3. The summed E-state index contributed by atoms with van der Waals surface area (Å²) in [5.41, 5.74) is 0. The van der Waals surface area contributed by atoms with Crippen molar-refractivity contribution in [1.29, 1.82) is 0 Å². The molecule has 0 heterocycles. The van der Waals surface area contributed by atoms with Crippen molar-refractivity contribution in [1.82, 2.24) is 0 Å². The average Bonchev–Trinajstić information content (AvgIpc) is 3.57. The van der Waals surface area contributed by atoms with Crippen LogP contribution in [0.5, 0.6) is 0 Å². The van der Waals surface area contributed by atoms with E-state index in [2.05, 4.69) is 13.8 Å². The molecule has 184 valence electrons. The summed E-state index contributed by atoms with van der Waals surface area (Å²) in [6.07, 6.45) is 27.5. The molecule has 0 aromatic heterocycles. The van der Waals surface area contributed by atoms with Crippen LogP contribution < -0.4 is 0 Å². The van der Waals surface area contributed by atoms with Gasteiger partial charge in [-0.15, -0.1) is 0 Å². The molecule has 2 heteroatoms.